The van der Waals surface area contributed by atoms with Gasteiger partial charge in [0.2, 0.25) is 11.9 Å². The Labute approximate surface area is 207 Å². The van der Waals surface area contributed by atoms with E-state index in [0.29, 0.717) is 43.4 Å². The number of para-hydroxylation sites is 1. The Bertz CT molecular complexity index is 1530. The van der Waals surface area contributed by atoms with Crippen LogP contribution in [0.1, 0.15) is 5.56 Å². The maximum absolute atomic E-state index is 12.9. The van der Waals surface area contributed by atoms with Gasteiger partial charge in [-0.15, -0.1) is 10.2 Å². The van der Waals surface area contributed by atoms with Gasteiger partial charge in [-0.1, -0.05) is 66.2 Å². The lowest BCUT2D eigenvalue weighted by atomic mass is 10.1. The highest BCUT2D eigenvalue weighted by Gasteiger charge is 2.26. The molecule has 3 aromatic carbocycles. The van der Waals surface area contributed by atoms with Crippen LogP contribution in [0.4, 0.5) is 5.95 Å². The van der Waals surface area contributed by atoms with E-state index in [0.717, 1.165) is 33.6 Å². The van der Waals surface area contributed by atoms with E-state index < -0.39 is 0 Å². The number of anilines is 1. The Morgan fingerprint density at radius 3 is 2.34 bits per heavy atom. The average Bonchev–Trinajstić information content (AvgIpc) is 3.34. The Morgan fingerprint density at radius 2 is 1.54 bits per heavy atom. The van der Waals surface area contributed by atoms with Crippen LogP contribution >= 0.6 is 11.6 Å². The van der Waals surface area contributed by atoms with Crippen molar-refractivity contribution in [2.75, 3.05) is 31.1 Å². The molecule has 6 rings (SSSR count). The van der Waals surface area contributed by atoms with Crippen molar-refractivity contribution in [2.45, 2.75) is 6.42 Å². The van der Waals surface area contributed by atoms with E-state index in [1.807, 2.05) is 88.2 Å². The lowest BCUT2D eigenvalue weighted by Crippen LogP contribution is -2.50. The van der Waals surface area contributed by atoms with E-state index in [-0.39, 0.29) is 5.91 Å². The summed E-state index contributed by atoms with van der Waals surface area (Å²) in [5, 5.41) is 10.6. The molecule has 1 fully saturated rings. The highest BCUT2D eigenvalue weighted by atomic mass is 35.5. The Balaban J connectivity index is 1.35. The first-order chi connectivity index (χ1) is 17.2. The predicted molar refractivity (Wildman–Crippen MR) is 138 cm³/mol. The van der Waals surface area contributed by atoms with Gasteiger partial charge in [0, 0.05) is 37.1 Å². The summed E-state index contributed by atoms with van der Waals surface area (Å²) in [5.74, 6) is 1.56. The maximum atomic E-state index is 12.9. The average molecular weight is 483 g/mol. The number of halogens is 1. The predicted octanol–water partition coefficient (Wildman–Crippen LogP) is 4.49. The van der Waals surface area contributed by atoms with Gasteiger partial charge in [-0.05, 0) is 29.8 Å². The standard InChI is InChI=1S/C27H23ClN6O/c28-22-12-6-4-10-20(22)25-30-31-26-21-11-5-7-13-23(21)29-27(34(25)26)33-16-14-32(15-17-33)24(35)18-19-8-2-1-3-9-19/h1-13H,14-18H2. The SMILES string of the molecule is O=C(Cc1ccccc1)N1CCN(c2nc3ccccc3c3nnc(-c4ccccc4Cl)n23)CC1. The summed E-state index contributed by atoms with van der Waals surface area (Å²) in [6.45, 7) is 2.60. The summed E-state index contributed by atoms with van der Waals surface area (Å²) in [4.78, 5) is 22.0. The maximum Gasteiger partial charge on any atom is 0.227 e. The molecule has 7 nitrogen and oxygen atoms in total. The number of benzene rings is 3. The number of rotatable bonds is 4. The molecule has 0 spiro atoms. The smallest absolute Gasteiger partial charge is 0.227 e. The van der Waals surface area contributed by atoms with Crippen molar-refractivity contribution in [3.63, 3.8) is 0 Å². The molecule has 0 radical (unpaired) electrons. The summed E-state index contributed by atoms with van der Waals surface area (Å²) < 4.78 is 1.99. The molecule has 1 saturated heterocycles. The molecule has 174 valence electrons. The number of nitrogens with zero attached hydrogens (tertiary/aromatic N) is 6. The number of piperazine rings is 1. The minimum Gasteiger partial charge on any atom is -0.339 e. The van der Waals surface area contributed by atoms with Crippen LogP contribution in [0.5, 0.6) is 0 Å². The van der Waals surface area contributed by atoms with Crippen LogP contribution in [-0.2, 0) is 11.2 Å². The van der Waals surface area contributed by atoms with Gasteiger partial charge < -0.3 is 9.80 Å². The molecule has 0 aliphatic carbocycles. The highest BCUT2D eigenvalue weighted by molar-refractivity contribution is 6.33. The van der Waals surface area contributed by atoms with E-state index in [9.17, 15) is 4.79 Å². The van der Waals surface area contributed by atoms with Gasteiger partial charge in [0.05, 0.1) is 17.0 Å². The van der Waals surface area contributed by atoms with Crippen LogP contribution in [0.3, 0.4) is 0 Å². The molecule has 1 aliphatic heterocycles. The first kappa shape index (κ1) is 21.6. The monoisotopic (exact) mass is 482 g/mol. The van der Waals surface area contributed by atoms with Crippen LogP contribution in [0.2, 0.25) is 5.02 Å². The fourth-order valence-electron chi connectivity index (χ4n) is 4.63. The molecule has 35 heavy (non-hydrogen) atoms. The molecular formula is C27H23ClN6O. The van der Waals surface area contributed by atoms with Gasteiger partial charge in [-0.3, -0.25) is 4.79 Å². The fourth-order valence-corrected chi connectivity index (χ4v) is 4.85. The second-order valence-corrected chi connectivity index (χ2v) is 9.03. The molecular weight excluding hydrogens is 460 g/mol. The topological polar surface area (TPSA) is 66.6 Å². The molecule has 0 saturated carbocycles. The van der Waals surface area contributed by atoms with Crippen molar-refractivity contribution in [1.29, 1.82) is 0 Å². The summed E-state index contributed by atoms with van der Waals surface area (Å²) >= 11 is 6.53. The third-order valence-electron chi connectivity index (χ3n) is 6.46. The van der Waals surface area contributed by atoms with Gasteiger partial charge >= 0.3 is 0 Å². The van der Waals surface area contributed by atoms with Crippen LogP contribution < -0.4 is 4.90 Å². The number of aromatic nitrogens is 4. The summed E-state index contributed by atoms with van der Waals surface area (Å²) in [6.07, 6.45) is 0.418. The van der Waals surface area contributed by atoms with E-state index in [2.05, 4.69) is 15.1 Å². The van der Waals surface area contributed by atoms with Gasteiger partial charge in [-0.2, -0.15) is 0 Å². The van der Waals surface area contributed by atoms with Gasteiger partial charge in [-0.25, -0.2) is 9.38 Å². The summed E-state index contributed by atoms with van der Waals surface area (Å²) in [6, 6.07) is 25.5. The molecule has 8 heteroatoms. The summed E-state index contributed by atoms with van der Waals surface area (Å²) in [7, 11) is 0. The zero-order chi connectivity index (χ0) is 23.8. The number of hydrogen-bond donors (Lipinski definition) is 0. The van der Waals surface area contributed by atoms with Crippen LogP contribution in [0.25, 0.3) is 27.9 Å². The quantitative estimate of drug-likeness (QED) is 0.377. The molecule has 0 bridgehead atoms. The molecule has 0 atom stereocenters. The lowest BCUT2D eigenvalue weighted by Gasteiger charge is -2.35. The fraction of sp³-hybridized carbons (Fsp3) is 0.185. The first-order valence-electron chi connectivity index (χ1n) is 11.6. The molecule has 2 aromatic heterocycles. The van der Waals surface area contributed by atoms with Crippen molar-refractivity contribution in [3.05, 3.63) is 89.4 Å². The normalized spacial score (nSPS) is 14.1. The van der Waals surface area contributed by atoms with Gasteiger partial charge in [0.1, 0.15) is 0 Å². The number of carbonyl (C=O) groups is 1. The summed E-state index contributed by atoms with van der Waals surface area (Å²) in [5.41, 5.74) is 3.43. The zero-order valence-corrected chi connectivity index (χ0v) is 19.8. The Morgan fingerprint density at radius 1 is 0.829 bits per heavy atom. The zero-order valence-electron chi connectivity index (χ0n) is 19.0. The van der Waals surface area contributed by atoms with Crippen LogP contribution in [0.15, 0.2) is 78.9 Å². The van der Waals surface area contributed by atoms with Crippen LogP contribution in [-0.4, -0.2) is 56.6 Å². The van der Waals surface area contributed by atoms with E-state index in [4.69, 9.17) is 16.6 Å². The minimum atomic E-state index is 0.147. The number of carbonyl (C=O) groups excluding carboxylic acids is 1. The van der Waals surface area contributed by atoms with Crippen molar-refractivity contribution in [1.82, 2.24) is 24.5 Å². The van der Waals surface area contributed by atoms with Crippen molar-refractivity contribution in [2.24, 2.45) is 0 Å². The van der Waals surface area contributed by atoms with E-state index >= 15 is 0 Å². The molecule has 0 N–H and O–H groups in total. The Kier molecular flexibility index (Phi) is 5.54. The molecule has 1 amide bonds. The van der Waals surface area contributed by atoms with Crippen LogP contribution in [0, 0.1) is 0 Å². The lowest BCUT2D eigenvalue weighted by molar-refractivity contribution is -0.130. The third-order valence-corrected chi connectivity index (χ3v) is 6.79. The second kappa shape index (κ2) is 9.00. The van der Waals surface area contributed by atoms with E-state index in [1.165, 1.54) is 0 Å². The van der Waals surface area contributed by atoms with Crippen molar-refractivity contribution in [3.8, 4) is 11.4 Å². The van der Waals surface area contributed by atoms with Gasteiger partial charge in [0.15, 0.2) is 11.5 Å². The highest BCUT2D eigenvalue weighted by Crippen LogP contribution is 2.32. The number of amides is 1. The third kappa shape index (κ3) is 3.98. The largest absolute Gasteiger partial charge is 0.339 e. The van der Waals surface area contributed by atoms with Gasteiger partial charge in [0.25, 0.3) is 0 Å². The minimum absolute atomic E-state index is 0.147. The number of fused-ring (bicyclic) bond motifs is 3. The van der Waals surface area contributed by atoms with Crippen molar-refractivity contribution < 1.29 is 4.79 Å². The van der Waals surface area contributed by atoms with Crippen molar-refractivity contribution >= 4 is 40.0 Å². The second-order valence-electron chi connectivity index (χ2n) is 8.62. The number of hydrogen-bond acceptors (Lipinski definition) is 5. The van der Waals surface area contributed by atoms with E-state index in [1.54, 1.807) is 0 Å². The molecule has 5 aromatic rings. The molecule has 3 heterocycles. The first-order valence-corrected chi connectivity index (χ1v) is 12.0. The molecule has 0 unspecified atom stereocenters. The Hall–Kier alpha value is -3.97. The molecule has 1 aliphatic rings.